The molecule has 0 aliphatic rings. The molecule has 4 aromatic rings. The predicted octanol–water partition coefficient (Wildman–Crippen LogP) is 3.03. The molecule has 4 aromatic carbocycles. The summed E-state index contributed by atoms with van der Waals surface area (Å²) in [5, 5.41) is 0. The van der Waals surface area contributed by atoms with Gasteiger partial charge in [0.1, 0.15) is 0 Å². The van der Waals surface area contributed by atoms with E-state index in [0.717, 1.165) is 25.7 Å². The molecule has 0 unspecified atom stereocenters. The molecule has 35 heavy (non-hydrogen) atoms. The van der Waals surface area contributed by atoms with Gasteiger partial charge in [-0.25, -0.2) is 24.3 Å². The first-order chi connectivity index (χ1) is 15.7. The van der Waals surface area contributed by atoms with Gasteiger partial charge in [-0.1, -0.05) is 114 Å². The van der Waals surface area contributed by atoms with Gasteiger partial charge in [0.2, 0.25) is 0 Å². The molecule has 0 aliphatic heterocycles. The molecule has 0 spiro atoms. The normalized spacial score (nSPS) is 10.6. The van der Waals surface area contributed by atoms with E-state index in [1.807, 2.05) is 0 Å². The molecule has 0 fully saturated rings. The van der Waals surface area contributed by atoms with E-state index in [2.05, 4.69) is 137 Å². The summed E-state index contributed by atoms with van der Waals surface area (Å²) in [5.41, 5.74) is 6.17. The minimum Gasteiger partial charge on any atom is -1.00 e. The van der Waals surface area contributed by atoms with Crippen molar-refractivity contribution in [3.05, 3.63) is 131 Å². The summed E-state index contributed by atoms with van der Waals surface area (Å²) < 4.78 is 0. The fraction of sp³-hybridized carbons (Fsp3) is 0.312. The zero-order chi connectivity index (χ0) is 22.9. The van der Waals surface area contributed by atoms with Crippen LogP contribution in [0, 0.1) is 0 Å². The van der Waals surface area contributed by atoms with Crippen LogP contribution in [0.15, 0.2) is 109 Å². The summed E-state index contributed by atoms with van der Waals surface area (Å²) in [6.45, 7) is 9.12. The van der Waals surface area contributed by atoms with Gasteiger partial charge in [0.05, 0.1) is 0 Å². The first-order valence-electron chi connectivity index (χ1n) is 12.2. The molecular weight excluding hydrogens is 546 g/mol. The number of rotatable bonds is 8. The van der Waals surface area contributed by atoms with Crippen molar-refractivity contribution >= 4 is 0 Å². The molecule has 3 heteroatoms. The van der Waals surface area contributed by atoms with E-state index in [-0.39, 0.29) is 61.8 Å². The van der Waals surface area contributed by atoms with Crippen molar-refractivity contribution in [2.24, 2.45) is 0 Å². The first kappa shape index (κ1) is 33.6. The largest absolute Gasteiger partial charge is 4.00 e. The maximum absolute atomic E-state index is 2.28. The van der Waals surface area contributed by atoms with Crippen molar-refractivity contribution in [1.29, 1.82) is 0 Å². The predicted molar refractivity (Wildman–Crippen MR) is 140 cm³/mol. The van der Waals surface area contributed by atoms with Gasteiger partial charge in [0.25, 0.3) is 0 Å². The van der Waals surface area contributed by atoms with Gasteiger partial charge in [0, 0.05) is 0 Å². The van der Waals surface area contributed by atoms with E-state index in [0.29, 0.717) is 0 Å². The summed E-state index contributed by atoms with van der Waals surface area (Å²) in [6, 6.07) is 39.3. The van der Waals surface area contributed by atoms with Crippen LogP contribution in [0.1, 0.15) is 75.6 Å². The van der Waals surface area contributed by atoms with Crippen molar-refractivity contribution in [3.63, 3.8) is 0 Å². The van der Waals surface area contributed by atoms with E-state index in [4.69, 9.17) is 0 Å². The fourth-order valence-corrected chi connectivity index (χ4v) is 5.37. The molecular formula is C32H38Cl2Zr. The molecule has 0 radical (unpaired) electrons. The maximum atomic E-state index is 2.28. The van der Waals surface area contributed by atoms with Crippen LogP contribution in [0.5, 0.6) is 0 Å². The van der Waals surface area contributed by atoms with Gasteiger partial charge in [-0.2, -0.15) is 24.3 Å². The Kier molecular flexibility index (Phi) is 15.7. The molecule has 0 aromatic heterocycles. The van der Waals surface area contributed by atoms with Gasteiger partial charge >= 0.3 is 26.2 Å². The third-order valence-corrected chi connectivity index (χ3v) is 7.50. The van der Waals surface area contributed by atoms with E-state index < -0.39 is 0 Å². The molecule has 0 atom stereocenters. The molecule has 0 saturated heterocycles. The summed E-state index contributed by atoms with van der Waals surface area (Å²) in [4.78, 5) is 0. The summed E-state index contributed by atoms with van der Waals surface area (Å²) >= 11 is 0. The van der Waals surface area contributed by atoms with Crippen LogP contribution >= 0.6 is 0 Å². The molecule has 0 N–H and O–H groups in total. The third kappa shape index (κ3) is 7.32. The van der Waals surface area contributed by atoms with Gasteiger partial charge in [0.15, 0.2) is 0 Å². The Morgan fingerprint density at radius 3 is 0.943 bits per heavy atom. The summed E-state index contributed by atoms with van der Waals surface area (Å²) in [5.74, 6) is 0. The standard InChI is InChI=1S/2C16H19.2ClH.Zr/c2*1-3-16(4-2,15-12-8-9-13-15)14-10-6-5-7-11-14;;;/h2*5-13H,3-4H2,1-2H3;2*1H;/q2*-1;;;+4/p-2. The number of halogens is 2. The molecule has 0 aliphatic carbocycles. The van der Waals surface area contributed by atoms with E-state index in [1.54, 1.807) is 0 Å². The van der Waals surface area contributed by atoms with Crippen LogP contribution in [0.2, 0.25) is 0 Å². The zero-order valence-electron chi connectivity index (χ0n) is 21.5. The van der Waals surface area contributed by atoms with Crippen molar-refractivity contribution < 1.29 is 51.0 Å². The van der Waals surface area contributed by atoms with Crippen molar-refractivity contribution in [3.8, 4) is 0 Å². The second-order valence-electron chi connectivity index (χ2n) is 8.66. The first-order valence-corrected chi connectivity index (χ1v) is 12.2. The van der Waals surface area contributed by atoms with E-state index >= 15 is 0 Å². The SMILES string of the molecule is CCC(CC)(c1ccccc1)[c-]1cccc1.CCC(CC)(c1ccccc1)[c-]1cccc1.[Cl-].[Cl-].[Zr+4]. The fourth-order valence-electron chi connectivity index (χ4n) is 5.37. The topological polar surface area (TPSA) is 0 Å². The summed E-state index contributed by atoms with van der Waals surface area (Å²) in [6.07, 6.45) is 4.60. The zero-order valence-corrected chi connectivity index (χ0v) is 25.4. The van der Waals surface area contributed by atoms with Crippen LogP contribution in [-0.2, 0) is 37.0 Å². The Hall–Kier alpha value is -1.40. The van der Waals surface area contributed by atoms with Crippen LogP contribution in [0.3, 0.4) is 0 Å². The van der Waals surface area contributed by atoms with Crippen molar-refractivity contribution in [2.75, 3.05) is 0 Å². The van der Waals surface area contributed by atoms with Gasteiger partial charge in [-0.3, -0.25) is 0 Å². The molecule has 0 heterocycles. The van der Waals surface area contributed by atoms with Crippen LogP contribution < -0.4 is 24.8 Å². The average Bonchev–Trinajstić information content (AvgIpc) is 3.59. The summed E-state index contributed by atoms with van der Waals surface area (Å²) in [7, 11) is 0. The smallest absolute Gasteiger partial charge is 1.00 e. The number of hydrogen-bond acceptors (Lipinski definition) is 0. The molecule has 0 saturated carbocycles. The second kappa shape index (κ2) is 16.4. The van der Waals surface area contributed by atoms with Gasteiger partial charge in [-0.05, 0) is 22.0 Å². The number of hydrogen-bond donors (Lipinski definition) is 0. The van der Waals surface area contributed by atoms with E-state index in [1.165, 1.54) is 22.3 Å². The maximum Gasteiger partial charge on any atom is 4.00 e. The van der Waals surface area contributed by atoms with E-state index in [9.17, 15) is 0 Å². The molecule has 0 amide bonds. The van der Waals surface area contributed by atoms with Gasteiger partial charge < -0.3 is 24.8 Å². The molecule has 0 bridgehead atoms. The van der Waals surface area contributed by atoms with Crippen LogP contribution in [0.25, 0.3) is 0 Å². The third-order valence-electron chi connectivity index (χ3n) is 7.50. The average molecular weight is 585 g/mol. The van der Waals surface area contributed by atoms with Crippen LogP contribution in [0.4, 0.5) is 0 Å². The Morgan fingerprint density at radius 2 is 0.714 bits per heavy atom. The van der Waals surface area contributed by atoms with Crippen LogP contribution in [-0.4, -0.2) is 0 Å². The van der Waals surface area contributed by atoms with Crippen molar-refractivity contribution in [1.82, 2.24) is 0 Å². The minimum atomic E-state index is 0. The second-order valence-corrected chi connectivity index (χ2v) is 8.66. The number of benzene rings is 2. The Balaban J connectivity index is 0.000000608. The van der Waals surface area contributed by atoms with Gasteiger partial charge in [-0.15, -0.1) is 11.1 Å². The quantitative estimate of drug-likeness (QED) is 0.280. The Bertz CT molecular complexity index is 912. The Morgan fingerprint density at radius 1 is 0.457 bits per heavy atom. The Labute approximate surface area is 245 Å². The molecule has 0 nitrogen and oxygen atoms in total. The van der Waals surface area contributed by atoms with Crippen molar-refractivity contribution in [2.45, 2.75) is 64.2 Å². The molecule has 4 rings (SSSR count). The minimum absolute atomic E-state index is 0. The monoisotopic (exact) mass is 582 g/mol. The molecule has 184 valence electrons.